The van der Waals surface area contributed by atoms with Crippen LogP contribution in [0, 0.1) is 0 Å². The van der Waals surface area contributed by atoms with Gasteiger partial charge in [0.15, 0.2) is 0 Å². The molecular formula is C14H23NO4. The lowest BCUT2D eigenvalue weighted by molar-refractivity contribution is 0.109. The lowest BCUT2D eigenvalue weighted by Crippen LogP contribution is -2.10. The summed E-state index contributed by atoms with van der Waals surface area (Å²) in [6.45, 7) is 2.85. The maximum Gasteiger partial charge on any atom is 0.124 e. The highest BCUT2D eigenvalue weighted by Gasteiger charge is 2.01. The fraction of sp³-hybridized carbons (Fsp3) is 0.571. The standard InChI is InChI=1S/C14H23NO4/c1-16-6-4-7-19-8-5-15-12-9-13(17-2)11-14(10-12)18-3/h9-11,15H,4-8H2,1-3H3. The number of ether oxygens (including phenoxy) is 4. The highest BCUT2D eigenvalue weighted by atomic mass is 16.5. The minimum Gasteiger partial charge on any atom is -0.497 e. The Bertz CT molecular complexity index is 335. The van der Waals surface area contributed by atoms with Crippen molar-refractivity contribution in [3.63, 3.8) is 0 Å². The van der Waals surface area contributed by atoms with Crippen molar-refractivity contribution in [2.45, 2.75) is 6.42 Å². The van der Waals surface area contributed by atoms with Crippen molar-refractivity contribution in [3.8, 4) is 11.5 Å². The van der Waals surface area contributed by atoms with E-state index in [0.717, 1.165) is 43.4 Å². The Hall–Kier alpha value is -1.46. The van der Waals surface area contributed by atoms with Gasteiger partial charge in [-0.3, -0.25) is 0 Å². The van der Waals surface area contributed by atoms with E-state index in [4.69, 9.17) is 18.9 Å². The Morgan fingerprint density at radius 1 is 0.895 bits per heavy atom. The van der Waals surface area contributed by atoms with Gasteiger partial charge in [0.2, 0.25) is 0 Å². The Morgan fingerprint density at radius 2 is 1.58 bits per heavy atom. The molecule has 0 heterocycles. The molecule has 0 saturated heterocycles. The third-order valence-electron chi connectivity index (χ3n) is 2.56. The van der Waals surface area contributed by atoms with E-state index < -0.39 is 0 Å². The highest BCUT2D eigenvalue weighted by Crippen LogP contribution is 2.25. The first-order valence-corrected chi connectivity index (χ1v) is 6.33. The van der Waals surface area contributed by atoms with E-state index in [1.54, 1.807) is 21.3 Å². The maximum atomic E-state index is 5.47. The molecule has 19 heavy (non-hydrogen) atoms. The van der Waals surface area contributed by atoms with Gasteiger partial charge >= 0.3 is 0 Å². The normalized spacial score (nSPS) is 10.3. The van der Waals surface area contributed by atoms with E-state index in [-0.39, 0.29) is 0 Å². The SMILES string of the molecule is COCCCOCCNc1cc(OC)cc(OC)c1. The van der Waals surface area contributed by atoms with Crippen molar-refractivity contribution in [2.75, 3.05) is 53.0 Å². The molecule has 0 spiro atoms. The molecule has 0 amide bonds. The van der Waals surface area contributed by atoms with Gasteiger partial charge in [-0.05, 0) is 6.42 Å². The van der Waals surface area contributed by atoms with E-state index in [2.05, 4.69) is 5.32 Å². The van der Waals surface area contributed by atoms with Gasteiger partial charge in [-0.25, -0.2) is 0 Å². The number of hydrogen-bond donors (Lipinski definition) is 1. The quantitative estimate of drug-likeness (QED) is 0.660. The summed E-state index contributed by atoms with van der Waals surface area (Å²) < 4.78 is 20.8. The van der Waals surface area contributed by atoms with Crippen molar-refractivity contribution in [2.24, 2.45) is 0 Å². The second kappa shape index (κ2) is 9.47. The van der Waals surface area contributed by atoms with Crippen molar-refractivity contribution < 1.29 is 18.9 Å². The van der Waals surface area contributed by atoms with Crippen molar-refractivity contribution in [1.82, 2.24) is 0 Å². The summed E-state index contributed by atoms with van der Waals surface area (Å²) in [6.07, 6.45) is 0.920. The summed E-state index contributed by atoms with van der Waals surface area (Å²) >= 11 is 0. The zero-order valence-electron chi connectivity index (χ0n) is 11.9. The van der Waals surface area contributed by atoms with E-state index in [1.165, 1.54) is 0 Å². The van der Waals surface area contributed by atoms with Gasteiger partial charge < -0.3 is 24.3 Å². The van der Waals surface area contributed by atoms with Crippen LogP contribution in [-0.2, 0) is 9.47 Å². The fourth-order valence-electron chi connectivity index (χ4n) is 1.58. The molecule has 1 aromatic rings. The van der Waals surface area contributed by atoms with Crippen molar-refractivity contribution >= 4 is 5.69 Å². The number of hydrogen-bond acceptors (Lipinski definition) is 5. The van der Waals surface area contributed by atoms with Crippen LogP contribution in [0.15, 0.2) is 18.2 Å². The van der Waals surface area contributed by atoms with Crippen LogP contribution in [0.3, 0.4) is 0 Å². The van der Waals surface area contributed by atoms with E-state index >= 15 is 0 Å². The van der Waals surface area contributed by atoms with Crippen LogP contribution in [0.4, 0.5) is 5.69 Å². The van der Waals surface area contributed by atoms with E-state index in [1.807, 2.05) is 18.2 Å². The Labute approximate surface area is 114 Å². The highest BCUT2D eigenvalue weighted by molar-refractivity contribution is 5.53. The predicted octanol–water partition coefficient (Wildman–Crippen LogP) is 2.17. The van der Waals surface area contributed by atoms with Gasteiger partial charge in [0, 0.05) is 50.8 Å². The molecule has 0 unspecified atom stereocenters. The molecule has 1 N–H and O–H groups in total. The molecule has 1 rings (SSSR count). The number of rotatable bonds is 10. The molecular weight excluding hydrogens is 246 g/mol. The van der Waals surface area contributed by atoms with Crippen molar-refractivity contribution in [3.05, 3.63) is 18.2 Å². The summed E-state index contributed by atoms with van der Waals surface area (Å²) in [7, 11) is 4.96. The van der Waals surface area contributed by atoms with Crippen LogP contribution in [0.5, 0.6) is 11.5 Å². The third-order valence-corrected chi connectivity index (χ3v) is 2.56. The second-order valence-electron chi connectivity index (χ2n) is 3.99. The molecule has 0 saturated carbocycles. The van der Waals surface area contributed by atoms with Gasteiger partial charge in [-0.1, -0.05) is 0 Å². The van der Waals surface area contributed by atoms with Crippen LogP contribution in [0.1, 0.15) is 6.42 Å². The van der Waals surface area contributed by atoms with Gasteiger partial charge in [-0.15, -0.1) is 0 Å². The third kappa shape index (κ3) is 6.31. The van der Waals surface area contributed by atoms with Crippen LogP contribution in [0.2, 0.25) is 0 Å². The smallest absolute Gasteiger partial charge is 0.124 e. The van der Waals surface area contributed by atoms with Crippen LogP contribution < -0.4 is 14.8 Å². The Kier molecular flexibility index (Phi) is 7.77. The summed E-state index contributed by atoms with van der Waals surface area (Å²) in [5.41, 5.74) is 0.955. The Balaban J connectivity index is 2.28. The molecule has 0 bridgehead atoms. The largest absolute Gasteiger partial charge is 0.497 e. The lowest BCUT2D eigenvalue weighted by Gasteiger charge is -2.11. The number of methoxy groups -OCH3 is 3. The molecule has 5 heteroatoms. The molecule has 0 fully saturated rings. The average Bonchev–Trinajstić information content (AvgIpc) is 2.45. The number of nitrogens with one attached hydrogen (secondary N) is 1. The van der Waals surface area contributed by atoms with Gasteiger partial charge in [0.25, 0.3) is 0 Å². The summed E-state index contributed by atoms with van der Waals surface area (Å²) in [6, 6.07) is 5.69. The number of anilines is 1. The van der Waals surface area contributed by atoms with Crippen LogP contribution >= 0.6 is 0 Å². The van der Waals surface area contributed by atoms with Crippen LogP contribution in [-0.4, -0.2) is 47.7 Å². The molecule has 5 nitrogen and oxygen atoms in total. The molecule has 108 valence electrons. The topological polar surface area (TPSA) is 49.0 Å². The van der Waals surface area contributed by atoms with Crippen molar-refractivity contribution in [1.29, 1.82) is 0 Å². The summed E-state index contributed by atoms with van der Waals surface area (Å²) in [5, 5.41) is 3.27. The molecule has 1 aromatic carbocycles. The van der Waals surface area contributed by atoms with Gasteiger partial charge in [0.05, 0.1) is 20.8 Å². The molecule has 0 aliphatic carbocycles. The maximum absolute atomic E-state index is 5.47. The molecule has 0 atom stereocenters. The summed E-state index contributed by atoms with van der Waals surface area (Å²) in [5.74, 6) is 1.53. The average molecular weight is 269 g/mol. The van der Waals surface area contributed by atoms with Gasteiger partial charge in [0.1, 0.15) is 11.5 Å². The van der Waals surface area contributed by atoms with E-state index in [9.17, 15) is 0 Å². The lowest BCUT2D eigenvalue weighted by atomic mass is 10.2. The number of benzene rings is 1. The molecule has 0 aliphatic rings. The summed E-state index contributed by atoms with van der Waals surface area (Å²) in [4.78, 5) is 0. The van der Waals surface area contributed by atoms with Crippen LogP contribution in [0.25, 0.3) is 0 Å². The Morgan fingerprint density at radius 3 is 2.16 bits per heavy atom. The monoisotopic (exact) mass is 269 g/mol. The minimum absolute atomic E-state index is 0.656. The zero-order valence-corrected chi connectivity index (χ0v) is 11.9. The first-order chi connectivity index (χ1) is 9.30. The first kappa shape index (κ1) is 15.6. The minimum atomic E-state index is 0.656. The second-order valence-corrected chi connectivity index (χ2v) is 3.99. The molecule has 0 radical (unpaired) electrons. The fourth-order valence-corrected chi connectivity index (χ4v) is 1.58. The predicted molar refractivity (Wildman–Crippen MR) is 75.3 cm³/mol. The van der Waals surface area contributed by atoms with Gasteiger partial charge in [-0.2, -0.15) is 0 Å². The molecule has 0 aliphatic heterocycles. The first-order valence-electron chi connectivity index (χ1n) is 6.33. The molecule has 0 aromatic heterocycles. The zero-order chi connectivity index (χ0) is 13.9. The van der Waals surface area contributed by atoms with E-state index in [0.29, 0.717) is 6.61 Å².